The monoisotopic (exact) mass is 347 g/mol. The quantitative estimate of drug-likeness (QED) is 0.370. The van der Waals surface area contributed by atoms with Crippen LogP contribution in [0.15, 0.2) is 36.4 Å². The van der Waals surface area contributed by atoms with E-state index in [0.29, 0.717) is 5.56 Å². The van der Waals surface area contributed by atoms with Crippen LogP contribution in [0.25, 0.3) is 0 Å². The van der Waals surface area contributed by atoms with Gasteiger partial charge < -0.3 is 15.8 Å². The van der Waals surface area contributed by atoms with Gasteiger partial charge in [0.05, 0.1) is 10.5 Å². The summed E-state index contributed by atoms with van der Waals surface area (Å²) in [4.78, 5) is 33.7. The lowest BCUT2D eigenvalue weighted by Gasteiger charge is -2.08. The molecular formula is C16H14FN3O5. The highest BCUT2D eigenvalue weighted by atomic mass is 19.1. The van der Waals surface area contributed by atoms with E-state index in [0.717, 1.165) is 12.1 Å². The van der Waals surface area contributed by atoms with Crippen LogP contribution in [0, 0.1) is 22.9 Å². The van der Waals surface area contributed by atoms with Gasteiger partial charge in [-0.05, 0) is 36.8 Å². The molecule has 0 unspecified atom stereocenters. The minimum absolute atomic E-state index is 0.0966. The zero-order valence-corrected chi connectivity index (χ0v) is 13.1. The van der Waals surface area contributed by atoms with Crippen molar-refractivity contribution in [1.82, 2.24) is 0 Å². The van der Waals surface area contributed by atoms with E-state index >= 15 is 0 Å². The van der Waals surface area contributed by atoms with Crippen molar-refractivity contribution in [3.8, 4) is 0 Å². The molecule has 1 amide bonds. The van der Waals surface area contributed by atoms with Gasteiger partial charge in [-0.25, -0.2) is 9.18 Å². The summed E-state index contributed by atoms with van der Waals surface area (Å²) in [5.74, 6) is -2.08. The number of aryl methyl sites for hydroxylation is 1. The smallest absolute Gasteiger partial charge is 0.338 e. The Bertz CT molecular complexity index is 854. The van der Waals surface area contributed by atoms with Crippen molar-refractivity contribution in [3.63, 3.8) is 0 Å². The molecule has 0 heterocycles. The number of hydrogen-bond donors (Lipinski definition) is 2. The molecule has 0 spiro atoms. The van der Waals surface area contributed by atoms with Crippen molar-refractivity contribution in [1.29, 1.82) is 0 Å². The Morgan fingerprint density at radius 3 is 2.64 bits per heavy atom. The third-order valence-corrected chi connectivity index (χ3v) is 3.25. The summed E-state index contributed by atoms with van der Waals surface area (Å²) in [7, 11) is 0. The number of rotatable bonds is 5. The number of nitro benzene ring substituents is 1. The maximum absolute atomic E-state index is 13.4. The topological polar surface area (TPSA) is 125 Å². The molecule has 9 heteroatoms. The van der Waals surface area contributed by atoms with E-state index in [1.54, 1.807) is 6.92 Å². The number of esters is 1. The van der Waals surface area contributed by atoms with Crippen LogP contribution < -0.4 is 11.1 Å². The summed E-state index contributed by atoms with van der Waals surface area (Å²) in [6, 6.07) is 7.54. The fourth-order valence-corrected chi connectivity index (χ4v) is 1.91. The molecule has 0 atom stereocenters. The number of ether oxygens (including phenoxy) is 1. The number of benzene rings is 2. The highest BCUT2D eigenvalue weighted by Crippen LogP contribution is 2.22. The van der Waals surface area contributed by atoms with Crippen LogP contribution in [0.2, 0.25) is 0 Å². The zero-order chi connectivity index (χ0) is 18.6. The highest BCUT2D eigenvalue weighted by Gasteiger charge is 2.17. The molecule has 0 aliphatic heterocycles. The number of hydrogen-bond acceptors (Lipinski definition) is 6. The fraction of sp³-hybridized carbons (Fsp3) is 0.125. The first kappa shape index (κ1) is 17.9. The minimum Gasteiger partial charge on any atom is -0.452 e. The minimum atomic E-state index is -0.923. The highest BCUT2D eigenvalue weighted by molar-refractivity contribution is 5.96. The van der Waals surface area contributed by atoms with Gasteiger partial charge in [-0.1, -0.05) is 6.07 Å². The van der Waals surface area contributed by atoms with E-state index in [1.165, 1.54) is 24.3 Å². The van der Waals surface area contributed by atoms with E-state index in [2.05, 4.69) is 5.32 Å². The molecule has 0 radical (unpaired) electrons. The molecule has 0 saturated heterocycles. The van der Waals surface area contributed by atoms with Crippen LogP contribution >= 0.6 is 0 Å². The standard InChI is InChI=1S/C16H14FN3O5/c1-9-2-4-11(7-12(9)17)19-15(21)8-25-16(22)10-3-5-13(18)14(6-10)20(23)24/h2-7H,8,18H2,1H3,(H,19,21). The molecule has 8 nitrogen and oxygen atoms in total. The molecule has 130 valence electrons. The van der Waals surface area contributed by atoms with E-state index in [1.807, 2.05) is 0 Å². The number of nitrogen functional groups attached to an aromatic ring is 1. The first-order chi connectivity index (χ1) is 11.8. The van der Waals surface area contributed by atoms with Crippen LogP contribution in [0.3, 0.4) is 0 Å². The molecule has 0 fully saturated rings. The second kappa shape index (κ2) is 7.39. The van der Waals surface area contributed by atoms with Gasteiger partial charge in [-0.2, -0.15) is 0 Å². The number of nitrogens with one attached hydrogen (secondary N) is 1. The molecule has 0 aliphatic rings. The normalized spacial score (nSPS) is 10.2. The van der Waals surface area contributed by atoms with Gasteiger partial charge in [0.15, 0.2) is 6.61 Å². The largest absolute Gasteiger partial charge is 0.452 e. The molecule has 0 aromatic heterocycles. The number of amides is 1. The number of anilines is 2. The number of nitro groups is 1. The first-order valence-electron chi connectivity index (χ1n) is 7.05. The first-order valence-corrected chi connectivity index (χ1v) is 7.05. The van der Waals surface area contributed by atoms with Crippen LogP contribution in [-0.2, 0) is 9.53 Å². The van der Waals surface area contributed by atoms with Gasteiger partial charge in [0.1, 0.15) is 11.5 Å². The van der Waals surface area contributed by atoms with Crippen LogP contribution in [0.5, 0.6) is 0 Å². The Morgan fingerprint density at radius 2 is 2.00 bits per heavy atom. The Kier molecular flexibility index (Phi) is 5.28. The van der Waals surface area contributed by atoms with Crippen LogP contribution in [0.4, 0.5) is 21.5 Å². The Morgan fingerprint density at radius 1 is 1.28 bits per heavy atom. The Balaban J connectivity index is 1.97. The third kappa shape index (κ3) is 4.50. The summed E-state index contributed by atoms with van der Waals surface area (Å²) < 4.78 is 18.2. The average Bonchev–Trinajstić information content (AvgIpc) is 2.56. The van der Waals surface area contributed by atoms with Gasteiger partial charge in [0.25, 0.3) is 11.6 Å². The molecule has 2 rings (SSSR count). The second-order valence-corrected chi connectivity index (χ2v) is 5.12. The number of halogens is 1. The van der Waals surface area contributed by atoms with Crippen molar-refractivity contribution in [2.24, 2.45) is 0 Å². The van der Waals surface area contributed by atoms with E-state index < -0.39 is 34.9 Å². The van der Waals surface area contributed by atoms with Crippen LogP contribution in [-0.4, -0.2) is 23.4 Å². The third-order valence-electron chi connectivity index (χ3n) is 3.25. The van der Waals surface area contributed by atoms with E-state index in [4.69, 9.17) is 10.5 Å². The van der Waals surface area contributed by atoms with Gasteiger partial charge in [0, 0.05) is 11.8 Å². The molecule has 2 aromatic carbocycles. The van der Waals surface area contributed by atoms with Gasteiger partial charge in [-0.15, -0.1) is 0 Å². The SMILES string of the molecule is Cc1ccc(NC(=O)COC(=O)c2ccc(N)c([N+](=O)[O-])c2)cc1F. The molecule has 25 heavy (non-hydrogen) atoms. The van der Waals surface area contributed by atoms with Gasteiger partial charge >= 0.3 is 5.97 Å². The molecule has 0 saturated carbocycles. The molecular weight excluding hydrogens is 333 g/mol. The van der Waals surface area contributed by atoms with Gasteiger partial charge in [-0.3, -0.25) is 14.9 Å². The second-order valence-electron chi connectivity index (χ2n) is 5.12. The number of nitrogens with two attached hydrogens (primary N) is 1. The van der Waals surface area contributed by atoms with Crippen LogP contribution in [0.1, 0.15) is 15.9 Å². The predicted octanol–water partition coefficient (Wildman–Crippen LogP) is 2.42. The lowest BCUT2D eigenvalue weighted by molar-refractivity contribution is -0.383. The number of carbonyl (C=O) groups excluding carboxylic acids is 2. The summed E-state index contributed by atoms with van der Waals surface area (Å²) >= 11 is 0. The van der Waals surface area contributed by atoms with Gasteiger partial charge in [0.2, 0.25) is 0 Å². The molecule has 2 aromatic rings. The zero-order valence-electron chi connectivity index (χ0n) is 13.1. The van der Waals surface area contributed by atoms with Crippen molar-refractivity contribution >= 4 is 28.9 Å². The predicted molar refractivity (Wildman–Crippen MR) is 87.6 cm³/mol. The number of nitrogens with zero attached hydrogens (tertiary/aromatic N) is 1. The maximum atomic E-state index is 13.4. The Hall–Kier alpha value is -3.49. The molecule has 0 aliphatic carbocycles. The van der Waals surface area contributed by atoms with Crippen molar-refractivity contribution in [2.75, 3.05) is 17.7 Å². The fourth-order valence-electron chi connectivity index (χ4n) is 1.91. The van der Waals surface area contributed by atoms with E-state index in [9.17, 15) is 24.1 Å². The van der Waals surface area contributed by atoms with Crippen molar-refractivity contribution in [2.45, 2.75) is 6.92 Å². The van der Waals surface area contributed by atoms with Crippen molar-refractivity contribution < 1.29 is 23.6 Å². The lowest BCUT2D eigenvalue weighted by atomic mass is 10.2. The summed E-state index contributed by atoms with van der Waals surface area (Å²) in [6.45, 7) is 0.945. The summed E-state index contributed by atoms with van der Waals surface area (Å²) in [5.41, 5.74) is 5.42. The summed E-state index contributed by atoms with van der Waals surface area (Å²) in [5, 5.41) is 13.2. The maximum Gasteiger partial charge on any atom is 0.338 e. The Labute approximate surface area is 141 Å². The summed E-state index contributed by atoms with van der Waals surface area (Å²) in [6.07, 6.45) is 0. The average molecular weight is 347 g/mol. The number of carbonyl (C=O) groups is 2. The molecule has 0 bridgehead atoms. The lowest BCUT2D eigenvalue weighted by Crippen LogP contribution is -2.21. The van der Waals surface area contributed by atoms with Crippen molar-refractivity contribution in [3.05, 3.63) is 63.5 Å². The van der Waals surface area contributed by atoms with E-state index in [-0.39, 0.29) is 16.9 Å². The molecule has 3 N–H and O–H groups in total.